The van der Waals surface area contributed by atoms with Crippen LogP contribution < -0.4 is 5.32 Å². The average molecular weight is 240 g/mol. The molecule has 0 amide bonds. The number of hydrogen-bond acceptors (Lipinski definition) is 2. The maximum absolute atomic E-state index is 4.38. The predicted octanol–water partition coefficient (Wildman–Crippen LogP) is 4.13. The van der Waals surface area contributed by atoms with Crippen LogP contribution >= 0.6 is 0 Å². The van der Waals surface area contributed by atoms with E-state index in [2.05, 4.69) is 61.4 Å². The third kappa shape index (κ3) is 3.10. The van der Waals surface area contributed by atoms with Gasteiger partial charge in [0.05, 0.1) is 12.2 Å². The van der Waals surface area contributed by atoms with Crippen molar-refractivity contribution >= 4 is 5.69 Å². The zero-order valence-corrected chi connectivity index (χ0v) is 11.3. The minimum Gasteiger partial charge on any atom is -0.379 e. The lowest BCUT2D eigenvalue weighted by Crippen LogP contribution is -2.03. The molecule has 0 aliphatic carbocycles. The van der Waals surface area contributed by atoms with Gasteiger partial charge in [0, 0.05) is 11.9 Å². The third-order valence-corrected chi connectivity index (χ3v) is 3.16. The number of nitrogens with one attached hydrogen (secondary N) is 1. The van der Waals surface area contributed by atoms with E-state index in [-0.39, 0.29) is 0 Å². The van der Waals surface area contributed by atoms with Crippen LogP contribution in [0.2, 0.25) is 0 Å². The van der Waals surface area contributed by atoms with Crippen LogP contribution in [0.25, 0.3) is 0 Å². The SMILES string of the molecule is Cc1cccnc1CNc1ccc(C(C)C)cc1. The molecule has 0 spiro atoms. The van der Waals surface area contributed by atoms with Crippen LogP contribution in [0.15, 0.2) is 42.6 Å². The van der Waals surface area contributed by atoms with Gasteiger partial charge in [-0.3, -0.25) is 4.98 Å². The number of hydrogen-bond donors (Lipinski definition) is 1. The molecule has 0 saturated carbocycles. The molecule has 0 bridgehead atoms. The van der Waals surface area contributed by atoms with E-state index < -0.39 is 0 Å². The third-order valence-electron chi connectivity index (χ3n) is 3.16. The van der Waals surface area contributed by atoms with Gasteiger partial charge in [0.25, 0.3) is 0 Å². The van der Waals surface area contributed by atoms with E-state index >= 15 is 0 Å². The van der Waals surface area contributed by atoms with Crippen LogP contribution in [-0.4, -0.2) is 4.98 Å². The second-order valence-electron chi connectivity index (χ2n) is 4.90. The quantitative estimate of drug-likeness (QED) is 0.869. The van der Waals surface area contributed by atoms with Crippen molar-refractivity contribution in [2.75, 3.05) is 5.32 Å². The second kappa shape index (κ2) is 5.67. The first-order chi connectivity index (χ1) is 8.66. The molecule has 2 nitrogen and oxygen atoms in total. The highest BCUT2D eigenvalue weighted by atomic mass is 14.9. The van der Waals surface area contributed by atoms with Crippen LogP contribution in [0, 0.1) is 6.92 Å². The summed E-state index contributed by atoms with van der Waals surface area (Å²) in [6.07, 6.45) is 1.84. The van der Waals surface area contributed by atoms with Gasteiger partial charge in [-0.2, -0.15) is 0 Å². The molecule has 94 valence electrons. The number of aromatic nitrogens is 1. The van der Waals surface area contributed by atoms with Gasteiger partial charge >= 0.3 is 0 Å². The summed E-state index contributed by atoms with van der Waals surface area (Å²) in [7, 11) is 0. The molecule has 0 aliphatic heterocycles. The number of anilines is 1. The molecule has 1 heterocycles. The van der Waals surface area contributed by atoms with Gasteiger partial charge in [-0.05, 0) is 42.2 Å². The summed E-state index contributed by atoms with van der Waals surface area (Å²) >= 11 is 0. The van der Waals surface area contributed by atoms with E-state index in [1.807, 2.05) is 12.3 Å². The Balaban J connectivity index is 2.00. The summed E-state index contributed by atoms with van der Waals surface area (Å²) in [5.41, 5.74) is 4.84. The Labute approximate surface area is 109 Å². The molecule has 2 rings (SSSR count). The van der Waals surface area contributed by atoms with Crippen molar-refractivity contribution in [1.29, 1.82) is 0 Å². The van der Waals surface area contributed by atoms with E-state index in [0.717, 1.165) is 17.9 Å². The molecule has 18 heavy (non-hydrogen) atoms. The van der Waals surface area contributed by atoms with Crippen molar-refractivity contribution < 1.29 is 0 Å². The number of nitrogens with zero attached hydrogens (tertiary/aromatic N) is 1. The minimum absolute atomic E-state index is 0.581. The van der Waals surface area contributed by atoms with Gasteiger partial charge in [0.15, 0.2) is 0 Å². The highest BCUT2D eigenvalue weighted by Gasteiger charge is 2.00. The molecule has 0 saturated heterocycles. The Morgan fingerprint density at radius 1 is 1.11 bits per heavy atom. The normalized spacial score (nSPS) is 10.7. The molecular formula is C16H20N2. The molecular weight excluding hydrogens is 220 g/mol. The summed E-state index contributed by atoms with van der Waals surface area (Å²) in [4.78, 5) is 4.38. The molecule has 1 aromatic carbocycles. The summed E-state index contributed by atoms with van der Waals surface area (Å²) < 4.78 is 0. The van der Waals surface area contributed by atoms with Gasteiger partial charge in [-0.25, -0.2) is 0 Å². The molecule has 0 unspecified atom stereocenters. The number of rotatable bonds is 4. The van der Waals surface area contributed by atoms with Crippen molar-refractivity contribution in [3.63, 3.8) is 0 Å². The lowest BCUT2D eigenvalue weighted by atomic mass is 10.0. The van der Waals surface area contributed by atoms with E-state index in [9.17, 15) is 0 Å². The zero-order valence-electron chi connectivity index (χ0n) is 11.3. The maximum atomic E-state index is 4.38. The van der Waals surface area contributed by atoms with Crippen molar-refractivity contribution in [3.05, 3.63) is 59.4 Å². The summed E-state index contributed by atoms with van der Waals surface area (Å²) in [6.45, 7) is 7.28. The molecule has 2 heteroatoms. The van der Waals surface area contributed by atoms with Crippen LogP contribution in [0.3, 0.4) is 0 Å². The van der Waals surface area contributed by atoms with Crippen LogP contribution in [-0.2, 0) is 6.54 Å². The molecule has 1 N–H and O–H groups in total. The molecule has 0 aliphatic rings. The summed E-state index contributed by atoms with van der Waals surface area (Å²) in [5.74, 6) is 0.581. The average Bonchev–Trinajstić information content (AvgIpc) is 2.38. The van der Waals surface area contributed by atoms with Crippen LogP contribution in [0.5, 0.6) is 0 Å². The summed E-state index contributed by atoms with van der Waals surface area (Å²) in [5, 5.41) is 3.41. The van der Waals surface area contributed by atoms with Crippen molar-refractivity contribution in [2.24, 2.45) is 0 Å². The highest BCUT2D eigenvalue weighted by Crippen LogP contribution is 2.17. The molecule has 0 fully saturated rings. The molecule has 0 atom stereocenters. The Hall–Kier alpha value is -1.83. The largest absolute Gasteiger partial charge is 0.379 e. The molecule has 1 aromatic heterocycles. The summed E-state index contributed by atoms with van der Waals surface area (Å²) in [6, 6.07) is 12.7. The first kappa shape index (κ1) is 12.6. The van der Waals surface area contributed by atoms with Gasteiger partial charge < -0.3 is 5.32 Å². The topological polar surface area (TPSA) is 24.9 Å². The fraction of sp³-hybridized carbons (Fsp3) is 0.312. The van der Waals surface area contributed by atoms with Gasteiger partial charge in [0.2, 0.25) is 0 Å². The van der Waals surface area contributed by atoms with Crippen molar-refractivity contribution in [3.8, 4) is 0 Å². The van der Waals surface area contributed by atoms with E-state index in [4.69, 9.17) is 0 Å². The molecule has 0 radical (unpaired) electrons. The fourth-order valence-corrected chi connectivity index (χ4v) is 1.88. The van der Waals surface area contributed by atoms with E-state index in [1.54, 1.807) is 0 Å². The van der Waals surface area contributed by atoms with Gasteiger partial charge in [-0.15, -0.1) is 0 Å². The smallest absolute Gasteiger partial charge is 0.0623 e. The van der Waals surface area contributed by atoms with E-state index in [1.165, 1.54) is 11.1 Å². The minimum atomic E-state index is 0.581. The van der Waals surface area contributed by atoms with Crippen LogP contribution in [0.4, 0.5) is 5.69 Å². The Morgan fingerprint density at radius 2 is 1.83 bits per heavy atom. The number of benzene rings is 1. The maximum Gasteiger partial charge on any atom is 0.0623 e. The monoisotopic (exact) mass is 240 g/mol. The first-order valence-corrected chi connectivity index (χ1v) is 6.41. The van der Waals surface area contributed by atoms with Gasteiger partial charge in [0.1, 0.15) is 0 Å². The van der Waals surface area contributed by atoms with Gasteiger partial charge in [-0.1, -0.05) is 32.0 Å². The number of aryl methyl sites for hydroxylation is 1. The Morgan fingerprint density at radius 3 is 2.44 bits per heavy atom. The first-order valence-electron chi connectivity index (χ1n) is 6.41. The van der Waals surface area contributed by atoms with Crippen LogP contribution in [0.1, 0.15) is 36.6 Å². The zero-order chi connectivity index (χ0) is 13.0. The standard InChI is InChI=1S/C16H20N2/c1-12(2)14-6-8-15(9-7-14)18-11-16-13(3)5-4-10-17-16/h4-10,12,18H,11H2,1-3H3. The lowest BCUT2D eigenvalue weighted by molar-refractivity contribution is 0.866. The predicted molar refractivity (Wildman–Crippen MR) is 76.8 cm³/mol. The Kier molecular flexibility index (Phi) is 3.98. The van der Waals surface area contributed by atoms with Crippen molar-refractivity contribution in [2.45, 2.75) is 33.2 Å². The molecule has 2 aromatic rings. The fourth-order valence-electron chi connectivity index (χ4n) is 1.88. The Bertz CT molecular complexity index is 501. The van der Waals surface area contributed by atoms with Crippen molar-refractivity contribution in [1.82, 2.24) is 4.98 Å². The second-order valence-corrected chi connectivity index (χ2v) is 4.90. The van der Waals surface area contributed by atoms with E-state index in [0.29, 0.717) is 5.92 Å². The highest BCUT2D eigenvalue weighted by molar-refractivity contribution is 5.45. The lowest BCUT2D eigenvalue weighted by Gasteiger charge is -2.10. The number of pyridine rings is 1.